The lowest BCUT2D eigenvalue weighted by Crippen LogP contribution is -2.37. The van der Waals surface area contributed by atoms with Crippen LogP contribution in [0.4, 0.5) is 0 Å². The monoisotopic (exact) mass is 350 g/mol. The van der Waals surface area contributed by atoms with Gasteiger partial charge >= 0.3 is 0 Å². The van der Waals surface area contributed by atoms with Crippen LogP contribution in [0.5, 0.6) is 0 Å². The van der Waals surface area contributed by atoms with Gasteiger partial charge in [-0.15, -0.1) is 0 Å². The number of rotatable bonds is 13. The summed E-state index contributed by atoms with van der Waals surface area (Å²) in [4.78, 5) is 0. The van der Waals surface area contributed by atoms with Crippen molar-refractivity contribution < 1.29 is 30.6 Å². The molecule has 0 aromatic carbocycles. The second-order valence-corrected chi connectivity index (χ2v) is 7.39. The lowest BCUT2D eigenvalue weighted by atomic mass is 9.82. The first-order valence-electron chi connectivity index (χ1n) is 9.11. The fourth-order valence-electron chi connectivity index (χ4n) is 3.13. The molecule has 0 saturated heterocycles. The minimum Gasteiger partial charge on any atom is -0.396 e. The van der Waals surface area contributed by atoms with Gasteiger partial charge in [0.1, 0.15) is 0 Å². The maximum Gasteiger partial charge on any atom is 0.0616 e. The molecule has 0 saturated carbocycles. The Kier molecular flexibility index (Phi) is 12.0. The molecule has 0 unspecified atom stereocenters. The fourth-order valence-corrected chi connectivity index (χ4v) is 3.13. The molecular weight excluding hydrogens is 312 g/mol. The first-order chi connectivity index (χ1) is 11.2. The van der Waals surface area contributed by atoms with E-state index in [1.165, 1.54) is 0 Å². The van der Waals surface area contributed by atoms with Crippen LogP contribution >= 0.6 is 0 Å². The SMILES string of the molecule is C[C@H]([C@H](O)[C@H](C)CCO)[C@H](O)CC[C@H](C)[C@H](O)[C@H](C)[C@@H](O)CCO. The van der Waals surface area contributed by atoms with E-state index in [1.807, 2.05) is 13.8 Å². The lowest BCUT2D eigenvalue weighted by molar-refractivity contribution is -0.0318. The summed E-state index contributed by atoms with van der Waals surface area (Å²) in [5, 5.41) is 58.5. The molecule has 6 N–H and O–H groups in total. The Morgan fingerprint density at radius 2 is 0.917 bits per heavy atom. The summed E-state index contributed by atoms with van der Waals surface area (Å²) in [6.07, 6.45) is -1.08. The molecule has 24 heavy (non-hydrogen) atoms. The van der Waals surface area contributed by atoms with E-state index in [4.69, 9.17) is 10.2 Å². The van der Waals surface area contributed by atoms with Gasteiger partial charge in [0.15, 0.2) is 0 Å². The summed E-state index contributed by atoms with van der Waals surface area (Å²) in [6.45, 7) is 7.15. The van der Waals surface area contributed by atoms with Crippen LogP contribution in [0.3, 0.4) is 0 Å². The van der Waals surface area contributed by atoms with E-state index in [1.54, 1.807) is 13.8 Å². The van der Waals surface area contributed by atoms with Gasteiger partial charge in [-0.25, -0.2) is 0 Å². The van der Waals surface area contributed by atoms with Crippen molar-refractivity contribution in [2.24, 2.45) is 23.7 Å². The highest BCUT2D eigenvalue weighted by molar-refractivity contribution is 4.80. The van der Waals surface area contributed by atoms with Crippen molar-refractivity contribution in [1.29, 1.82) is 0 Å². The van der Waals surface area contributed by atoms with Crippen molar-refractivity contribution in [3.05, 3.63) is 0 Å². The largest absolute Gasteiger partial charge is 0.396 e. The van der Waals surface area contributed by atoms with Gasteiger partial charge in [-0.3, -0.25) is 0 Å². The van der Waals surface area contributed by atoms with Crippen molar-refractivity contribution in [3.63, 3.8) is 0 Å². The number of aliphatic hydroxyl groups is 6. The molecule has 0 aliphatic carbocycles. The van der Waals surface area contributed by atoms with Gasteiger partial charge in [0, 0.05) is 25.0 Å². The second kappa shape index (κ2) is 12.2. The van der Waals surface area contributed by atoms with Crippen molar-refractivity contribution in [3.8, 4) is 0 Å². The third-order valence-corrected chi connectivity index (χ3v) is 5.38. The summed E-state index contributed by atoms with van der Waals surface area (Å²) in [5.74, 6) is -0.858. The maximum absolute atomic E-state index is 10.3. The fraction of sp³-hybridized carbons (Fsp3) is 1.00. The molecule has 0 spiro atoms. The minimum atomic E-state index is -0.752. The molecule has 6 heteroatoms. The zero-order chi connectivity index (χ0) is 18.9. The van der Waals surface area contributed by atoms with Gasteiger partial charge in [-0.05, 0) is 37.5 Å². The molecule has 0 aliphatic rings. The van der Waals surface area contributed by atoms with Crippen LogP contribution in [0.25, 0.3) is 0 Å². The highest BCUT2D eigenvalue weighted by atomic mass is 16.3. The minimum absolute atomic E-state index is 0.0122. The second-order valence-electron chi connectivity index (χ2n) is 7.39. The molecule has 0 amide bonds. The summed E-state index contributed by atoms with van der Waals surface area (Å²) in [5.41, 5.74) is 0. The zero-order valence-corrected chi connectivity index (χ0v) is 15.5. The van der Waals surface area contributed by atoms with Gasteiger partial charge in [-0.1, -0.05) is 27.7 Å². The van der Waals surface area contributed by atoms with Gasteiger partial charge < -0.3 is 30.6 Å². The number of hydrogen-bond acceptors (Lipinski definition) is 6. The van der Waals surface area contributed by atoms with E-state index in [2.05, 4.69) is 0 Å². The third kappa shape index (κ3) is 7.76. The van der Waals surface area contributed by atoms with E-state index < -0.39 is 24.4 Å². The van der Waals surface area contributed by atoms with Crippen molar-refractivity contribution >= 4 is 0 Å². The summed E-state index contributed by atoms with van der Waals surface area (Å²) in [6, 6.07) is 0. The zero-order valence-electron chi connectivity index (χ0n) is 15.5. The highest BCUT2D eigenvalue weighted by Gasteiger charge is 2.30. The molecule has 146 valence electrons. The van der Waals surface area contributed by atoms with Crippen molar-refractivity contribution in [2.75, 3.05) is 13.2 Å². The lowest BCUT2D eigenvalue weighted by Gasteiger charge is -2.31. The Balaban J connectivity index is 4.39. The van der Waals surface area contributed by atoms with E-state index in [9.17, 15) is 20.4 Å². The van der Waals surface area contributed by atoms with Crippen LogP contribution < -0.4 is 0 Å². The molecule has 0 aliphatic heterocycles. The Labute approximate surface area is 146 Å². The van der Waals surface area contributed by atoms with Crippen LogP contribution in [0, 0.1) is 23.7 Å². The third-order valence-electron chi connectivity index (χ3n) is 5.38. The van der Waals surface area contributed by atoms with Crippen LogP contribution in [-0.2, 0) is 0 Å². The van der Waals surface area contributed by atoms with Crippen LogP contribution in [0.1, 0.15) is 53.4 Å². The topological polar surface area (TPSA) is 121 Å². The Morgan fingerprint density at radius 1 is 0.542 bits per heavy atom. The van der Waals surface area contributed by atoms with E-state index in [0.29, 0.717) is 19.3 Å². The molecule has 0 bridgehead atoms. The van der Waals surface area contributed by atoms with E-state index in [-0.39, 0.29) is 43.3 Å². The average molecular weight is 350 g/mol. The molecule has 0 heterocycles. The molecule has 0 aromatic rings. The first kappa shape index (κ1) is 23.8. The van der Waals surface area contributed by atoms with Gasteiger partial charge in [0.25, 0.3) is 0 Å². The van der Waals surface area contributed by atoms with Crippen LogP contribution in [-0.4, -0.2) is 68.3 Å². The Bertz CT molecular complexity index is 284. The van der Waals surface area contributed by atoms with Crippen LogP contribution in [0.2, 0.25) is 0 Å². The number of aliphatic hydroxyl groups excluding tert-OH is 6. The predicted molar refractivity (Wildman–Crippen MR) is 93.3 cm³/mol. The average Bonchev–Trinajstić information content (AvgIpc) is 2.56. The number of hydrogen-bond donors (Lipinski definition) is 6. The molecule has 8 atom stereocenters. The summed E-state index contributed by atoms with van der Waals surface area (Å²) in [7, 11) is 0. The molecule has 6 nitrogen and oxygen atoms in total. The van der Waals surface area contributed by atoms with Gasteiger partial charge in [0.05, 0.1) is 24.4 Å². The first-order valence-corrected chi connectivity index (χ1v) is 9.11. The van der Waals surface area contributed by atoms with Crippen molar-refractivity contribution in [2.45, 2.75) is 77.8 Å². The quantitative estimate of drug-likeness (QED) is 0.288. The molecular formula is C18H38O6. The van der Waals surface area contributed by atoms with Crippen LogP contribution in [0.15, 0.2) is 0 Å². The van der Waals surface area contributed by atoms with E-state index in [0.717, 1.165) is 0 Å². The molecule has 0 aromatic heterocycles. The smallest absolute Gasteiger partial charge is 0.0616 e. The highest BCUT2D eigenvalue weighted by Crippen LogP contribution is 2.26. The standard InChI is InChI=1S/C18H38O6/c1-11(17(23)14(4)16(22)8-10-20)5-6-15(21)13(3)18(24)12(2)7-9-19/h11-24H,5-10H2,1-4H3/t11-,12+,13-,14+,15+,16-,17-,18+/m0/s1. The normalized spacial score (nSPS) is 22.2. The Hall–Kier alpha value is -0.240. The van der Waals surface area contributed by atoms with Gasteiger partial charge in [-0.2, -0.15) is 0 Å². The molecule has 0 radical (unpaired) electrons. The molecule has 0 rings (SSSR count). The van der Waals surface area contributed by atoms with Gasteiger partial charge in [0.2, 0.25) is 0 Å². The summed E-state index contributed by atoms with van der Waals surface area (Å²) >= 11 is 0. The maximum atomic E-state index is 10.3. The van der Waals surface area contributed by atoms with Crippen molar-refractivity contribution in [1.82, 2.24) is 0 Å². The molecule has 0 fully saturated rings. The predicted octanol–water partition coefficient (Wildman–Crippen LogP) is 0.519. The van der Waals surface area contributed by atoms with E-state index >= 15 is 0 Å². The Morgan fingerprint density at radius 3 is 1.33 bits per heavy atom. The summed E-state index contributed by atoms with van der Waals surface area (Å²) < 4.78 is 0.